The number of nitrogens with one attached hydrogen (secondary N) is 2. The molecule has 16 heavy (non-hydrogen) atoms. The number of aromatic nitrogens is 1. The molecule has 88 valence electrons. The van der Waals surface area contributed by atoms with Gasteiger partial charge in [-0.15, -0.1) is 0 Å². The molecular formula is C11H16ClN3O. The molecular weight excluding hydrogens is 226 g/mol. The fourth-order valence-corrected chi connectivity index (χ4v) is 2.23. The van der Waals surface area contributed by atoms with Gasteiger partial charge in [-0.3, -0.25) is 4.79 Å². The minimum atomic E-state index is -0.0527. The number of rotatable bonds is 2. The Morgan fingerprint density at radius 2 is 2.50 bits per heavy atom. The molecule has 0 aromatic carbocycles. The molecule has 1 aromatic rings. The summed E-state index contributed by atoms with van der Waals surface area (Å²) in [7, 11) is 1.82. The summed E-state index contributed by atoms with van der Waals surface area (Å²) in [6.45, 7) is 1.90. The molecule has 0 radical (unpaired) electrons. The van der Waals surface area contributed by atoms with Gasteiger partial charge in [-0.25, -0.2) is 0 Å². The first kappa shape index (κ1) is 11.5. The quantitative estimate of drug-likeness (QED) is 0.816. The zero-order valence-electron chi connectivity index (χ0n) is 9.29. The highest BCUT2D eigenvalue weighted by molar-refractivity contribution is 6.31. The number of nitrogens with zero attached hydrogens (tertiary/aromatic N) is 1. The zero-order valence-corrected chi connectivity index (χ0v) is 10.0. The summed E-state index contributed by atoms with van der Waals surface area (Å²) in [5.74, 6) is -0.0527. The average Bonchev–Trinajstić information content (AvgIpc) is 2.59. The SMILES string of the molecule is Cn1cc(Cl)cc1C(=O)N[C@@H]1CCCNC1. The molecule has 2 heterocycles. The smallest absolute Gasteiger partial charge is 0.268 e. The molecule has 1 saturated heterocycles. The number of halogens is 1. The lowest BCUT2D eigenvalue weighted by atomic mass is 10.1. The second-order valence-electron chi connectivity index (χ2n) is 4.17. The Labute approximate surface area is 100.0 Å². The van der Waals surface area contributed by atoms with Gasteiger partial charge < -0.3 is 15.2 Å². The Bertz CT molecular complexity index is 383. The van der Waals surface area contributed by atoms with E-state index in [9.17, 15) is 4.79 Å². The molecule has 1 fully saturated rings. The predicted octanol–water partition coefficient (Wildman–Crippen LogP) is 1.16. The van der Waals surface area contributed by atoms with E-state index >= 15 is 0 Å². The van der Waals surface area contributed by atoms with Gasteiger partial charge in [0, 0.05) is 25.8 Å². The second-order valence-corrected chi connectivity index (χ2v) is 4.61. The van der Waals surface area contributed by atoms with Crippen molar-refractivity contribution >= 4 is 17.5 Å². The van der Waals surface area contributed by atoms with Crippen molar-refractivity contribution in [3.8, 4) is 0 Å². The van der Waals surface area contributed by atoms with Gasteiger partial charge in [0.15, 0.2) is 0 Å². The molecule has 0 spiro atoms. The molecule has 1 aliphatic heterocycles. The van der Waals surface area contributed by atoms with Crippen LogP contribution in [0.4, 0.5) is 0 Å². The zero-order chi connectivity index (χ0) is 11.5. The van der Waals surface area contributed by atoms with E-state index in [-0.39, 0.29) is 11.9 Å². The molecule has 2 N–H and O–H groups in total. The minimum absolute atomic E-state index is 0.0527. The normalized spacial score (nSPS) is 20.8. The third kappa shape index (κ3) is 2.57. The summed E-state index contributed by atoms with van der Waals surface area (Å²) in [4.78, 5) is 11.9. The van der Waals surface area contributed by atoms with E-state index in [0.717, 1.165) is 25.9 Å². The van der Waals surface area contributed by atoms with Crippen molar-refractivity contribution in [1.82, 2.24) is 15.2 Å². The molecule has 5 heteroatoms. The first-order valence-corrected chi connectivity index (χ1v) is 5.88. The van der Waals surface area contributed by atoms with Crippen molar-refractivity contribution in [3.63, 3.8) is 0 Å². The van der Waals surface area contributed by atoms with Gasteiger partial charge in [-0.1, -0.05) is 11.6 Å². The molecule has 0 unspecified atom stereocenters. The van der Waals surface area contributed by atoms with Crippen LogP contribution in [0.1, 0.15) is 23.3 Å². The second kappa shape index (κ2) is 4.89. The monoisotopic (exact) mass is 241 g/mol. The van der Waals surface area contributed by atoms with Crippen LogP contribution in [-0.2, 0) is 7.05 Å². The van der Waals surface area contributed by atoms with Gasteiger partial charge in [-0.2, -0.15) is 0 Å². The number of carbonyl (C=O) groups is 1. The van der Waals surface area contributed by atoms with Crippen LogP contribution in [0.5, 0.6) is 0 Å². The molecule has 0 aliphatic carbocycles. The van der Waals surface area contributed by atoms with Crippen LogP contribution < -0.4 is 10.6 Å². The van der Waals surface area contributed by atoms with Gasteiger partial charge >= 0.3 is 0 Å². The predicted molar refractivity (Wildman–Crippen MR) is 63.8 cm³/mol. The summed E-state index contributed by atoms with van der Waals surface area (Å²) in [5, 5.41) is 6.86. The fourth-order valence-electron chi connectivity index (χ4n) is 1.98. The van der Waals surface area contributed by atoms with Crippen molar-refractivity contribution in [2.75, 3.05) is 13.1 Å². The van der Waals surface area contributed by atoms with Gasteiger partial charge in [0.1, 0.15) is 5.69 Å². The van der Waals surface area contributed by atoms with Crippen LogP contribution in [-0.4, -0.2) is 29.6 Å². The van der Waals surface area contributed by atoms with E-state index in [1.807, 2.05) is 7.05 Å². The van der Waals surface area contributed by atoms with Crippen molar-refractivity contribution in [3.05, 3.63) is 23.0 Å². The van der Waals surface area contributed by atoms with Crippen LogP contribution in [0, 0.1) is 0 Å². The van der Waals surface area contributed by atoms with Crippen molar-refractivity contribution in [1.29, 1.82) is 0 Å². The standard InChI is InChI=1S/C11H16ClN3O/c1-15-7-8(12)5-10(15)11(16)14-9-3-2-4-13-6-9/h5,7,9,13H,2-4,6H2,1H3,(H,14,16)/t9-/m1/s1. The van der Waals surface area contributed by atoms with Gasteiger partial charge in [0.2, 0.25) is 0 Å². The van der Waals surface area contributed by atoms with E-state index in [4.69, 9.17) is 11.6 Å². The van der Waals surface area contributed by atoms with E-state index < -0.39 is 0 Å². The number of hydrogen-bond donors (Lipinski definition) is 2. The van der Waals surface area contributed by atoms with Crippen LogP contribution in [0.3, 0.4) is 0 Å². The number of piperidine rings is 1. The van der Waals surface area contributed by atoms with Gasteiger partial charge in [0.25, 0.3) is 5.91 Å². The molecule has 4 nitrogen and oxygen atoms in total. The van der Waals surface area contributed by atoms with Crippen molar-refractivity contribution in [2.24, 2.45) is 7.05 Å². The Balaban J connectivity index is 1.99. The van der Waals surface area contributed by atoms with E-state index in [2.05, 4.69) is 10.6 Å². The van der Waals surface area contributed by atoms with E-state index in [1.165, 1.54) is 0 Å². The third-order valence-electron chi connectivity index (χ3n) is 2.84. The summed E-state index contributed by atoms with van der Waals surface area (Å²) < 4.78 is 1.74. The van der Waals surface area contributed by atoms with Crippen LogP contribution in [0.2, 0.25) is 5.02 Å². The molecule has 2 rings (SSSR count). The van der Waals surface area contributed by atoms with Crippen LogP contribution in [0.15, 0.2) is 12.3 Å². The maximum Gasteiger partial charge on any atom is 0.268 e. The highest BCUT2D eigenvalue weighted by Gasteiger charge is 2.18. The first-order chi connectivity index (χ1) is 7.66. The maximum atomic E-state index is 11.9. The molecule has 0 bridgehead atoms. The van der Waals surface area contributed by atoms with E-state index in [0.29, 0.717) is 10.7 Å². The number of carbonyl (C=O) groups excluding carboxylic acids is 1. The lowest BCUT2D eigenvalue weighted by Crippen LogP contribution is -2.45. The Hall–Kier alpha value is -1.00. The molecule has 1 aliphatic rings. The highest BCUT2D eigenvalue weighted by Crippen LogP contribution is 2.13. The summed E-state index contributed by atoms with van der Waals surface area (Å²) in [5.41, 5.74) is 0.607. The molecule has 1 amide bonds. The maximum absolute atomic E-state index is 11.9. The Morgan fingerprint density at radius 3 is 3.06 bits per heavy atom. The minimum Gasteiger partial charge on any atom is -0.347 e. The summed E-state index contributed by atoms with van der Waals surface area (Å²) in [6, 6.07) is 1.92. The lowest BCUT2D eigenvalue weighted by Gasteiger charge is -2.23. The fraction of sp³-hybridized carbons (Fsp3) is 0.545. The van der Waals surface area contributed by atoms with Crippen LogP contribution in [0.25, 0.3) is 0 Å². The largest absolute Gasteiger partial charge is 0.347 e. The Kier molecular flexibility index (Phi) is 3.51. The molecule has 1 atom stereocenters. The number of amides is 1. The van der Waals surface area contributed by atoms with Crippen molar-refractivity contribution < 1.29 is 4.79 Å². The summed E-state index contributed by atoms with van der Waals surface area (Å²) in [6.07, 6.45) is 3.88. The van der Waals surface area contributed by atoms with Crippen LogP contribution >= 0.6 is 11.6 Å². The number of aryl methyl sites for hydroxylation is 1. The summed E-state index contributed by atoms with van der Waals surface area (Å²) >= 11 is 5.84. The highest BCUT2D eigenvalue weighted by atomic mass is 35.5. The average molecular weight is 242 g/mol. The van der Waals surface area contributed by atoms with Gasteiger partial charge in [-0.05, 0) is 25.5 Å². The van der Waals surface area contributed by atoms with Crippen molar-refractivity contribution in [2.45, 2.75) is 18.9 Å². The third-order valence-corrected chi connectivity index (χ3v) is 3.04. The topological polar surface area (TPSA) is 46.1 Å². The molecule has 0 saturated carbocycles. The number of hydrogen-bond acceptors (Lipinski definition) is 2. The Morgan fingerprint density at radius 1 is 1.69 bits per heavy atom. The lowest BCUT2D eigenvalue weighted by molar-refractivity contribution is 0.0922. The van der Waals surface area contributed by atoms with E-state index in [1.54, 1.807) is 16.8 Å². The first-order valence-electron chi connectivity index (χ1n) is 5.50. The van der Waals surface area contributed by atoms with Gasteiger partial charge in [0.05, 0.1) is 5.02 Å². The molecule has 1 aromatic heterocycles.